The maximum absolute atomic E-state index is 13.3. The van der Waals surface area contributed by atoms with E-state index in [0.717, 1.165) is 57.1 Å². The number of hydrogen-bond donors (Lipinski definition) is 4. The van der Waals surface area contributed by atoms with Crippen LogP contribution in [-0.2, 0) is 0 Å². The fourth-order valence-corrected chi connectivity index (χ4v) is 6.39. The zero-order chi connectivity index (χ0) is 21.1. The summed E-state index contributed by atoms with van der Waals surface area (Å²) in [4.78, 5) is 22.3. The summed E-state index contributed by atoms with van der Waals surface area (Å²) in [5.74, 6) is 2.08. The molecule has 7 nitrogen and oxygen atoms in total. The molecule has 5 aliphatic rings. The zero-order valence-electron chi connectivity index (χ0n) is 18.0. The van der Waals surface area contributed by atoms with E-state index in [-0.39, 0.29) is 11.9 Å². The summed E-state index contributed by atoms with van der Waals surface area (Å²) >= 11 is 0. The van der Waals surface area contributed by atoms with Crippen molar-refractivity contribution in [3.8, 4) is 0 Å². The van der Waals surface area contributed by atoms with Gasteiger partial charge in [-0.25, -0.2) is 9.97 Å². The van der Waals surface area contributed by atoms with Crippen molar-refractivity contribution in [3.05, 3.63) is 17.5 Å². The third kappa shape index (κ3) is 3.82. The van der Waals surface area contributed by atoms with Crippen molar-refractivity contribution in [1.82, 2.24) is 15.3 Å². The second-order valence-corrected chi connectivity index (χ2v) is 11.0. The normalized spacial score (nSPS) is 35.2. The number of aliphatic hydroxyl groups is 2. The molecule has 7 heteroatoms. The topological polar surface area (TPSA) is 107 Å². The first kappa shape index (κ1) is 20.2. The summed E-state index contributed by atoms with van der Waals surface area (Å²) in [6.07, 6.45) is 9.72. The van der Waals surface area contributed by atoms with Gasteiger partial charge in [-0.1, -0.05) is 6.42 Å². The van der Waals surface area contributed by atoms with Crippen LogP contribution in [0.3, 0.4) is 0 Å². The predicted molar refractivity (Wildman–Crippen MR) is 113 cm³/mol. The fourth-order valence-electron chi connectivity index (χ4n) is 6.39. The van der Waals surface area contributed by atoms with E-state index in [4.69, 9.17) is 0 Å². The highest BCUT2D eigenvalue weighted by atomic mass is 16.3. The summed E-state index contributed by atoms with van der Waals surface area (Å²) in [5, 5.41) is 27.2. The highest BCUT2D eigenvalue weighted by Crippen LogP contribution is 2.55. The summed E-state index contributed by atoms with van der Waals surface area (Å²) < 4.78 is 0. The second kappa shape index (κ2) is 7.16. The van der Waals surface area contributed by atoms with Crippen LogP contribution in [0, 0.1) is 17.8 Å². The predicted octanol–water partition coefficient (Wildman–Crippen LogP) is 2.60. The van der Waals surface area contributed by atoms with E-state index in [1.165, 1.54) is 0 Å². The molecule has 164 valence electrons. The molecule has 30 heavy (non-hydrogen) atoms. The highest BCUT2D eigenvalue weighted by Gasteiger charge is 2.55. The summed E-state index contributed by atoms with van der Waals surface area (Å²) in [5.41, 5.74) is 0.0566. The zero-order valence-corrected chi connectivity index (χ0v) is 18.0. The lowest BCUT2D eigenvalue weighted by Gasteiger charge is -2.58. The van der Waals surface area contributed by atoms with Gasteiger partial charge in [-0.3, -0.25) is 4.79 Å². The molecule has 2 atom stereocenters. The number of hydrogen-bond acceptors (Lipinski definition) is 6. The second-order valence-electron chi connectivity index (χ2n) is 11.0. The van der Waals surface area contributed by atoms with Gasteiger partial charge in [-0.15, -0.1) is 0 Å². The van der Waals surface area contributed by atoms with Gasteiger partial charge in [-0.05, 0) is 76.5 Å². The van der Waals surface area contributed by atoms with E-state index in [1.54, 1.807) is 20.0 Å². The van der Waals surface area contributed by atoms with E-state index in [0.29, 0.717) is 41.7 Å². The smallest absolute Gasteiger partial charge is 0.254 e. The van der Waals surface area contributed by atoms with Crippen LogP contribution in [-0.4, -0.2) is 49.9 Å². The molecule has 5 fully saturated rings. The molecule has 5 aliphatic carbocycles. The standard InChI is InChI=1S/C23H34N4O3/c1-22(2,29)12-25-21-24-11-17(19(27-21)14-4-3-5-14)20(28)26-18-15-6-13-7-16(18)10-23(30,8-13)9-15/h11,13-16,18,29-30H,3-10,12H2,1-2H3,(H,26,28)(H,24,25,27)/t13?,15?,16?,18-,23+. The maximum atomic E-state index is 13.3. The van der Waals surface area contributed by atoms with Crippen molar-refractivity contribution >= 4 is 11.9 Å². The Labute approximate surface area is 178 Å². The highest BCUT2D eigenvalue weighted by molar-refractivity contribution is 5.95. The summed E-state index contributed by atoms with van der Waals surface area (Å²) in [6.45, 7) is 3.81. The molecule has 4 N–H and O–H groups in total. The van der Waals surface area contributed by atoms with Crippen LogP contribution in [0.15, 0.2) is 6.20 Å². The van der Waals surface area contributed by atoms with Gasteiger partial charge in [0.15, 0.2) is 0 Å². The third-order valence-electron chi connectivity index (χ3n) is 7.77. The number of carbonyl (C=O) groups is 1. The van der Waals surface area contributed by atoms with Gasteiger partial charge in [-0.2, -0.15) is 0 Å². The molecular formula is C23H34N4O3. The van der Waals surface area contributed by atoms with Crippen LogP contribution >= 0.6 is 0 Å². The molecule has 1 amide bonds. The Bertz CT molecular complexity index is 816. The average molecular weight is 415 g/mol. The van der Waals surface area contributed by atoms with Gasteiger partial charge in [0.25, 0.3) is 5.91 Å². The molecule has 0 saturated heterocycles. The monoisotopic (exact) mass is 414 g/mol. The number of amides is 1. The lowest BCUT2D eigenvalue weighted by Crippen LogP contribution is -2.61. The quantitative estimate of drug-likeness (QED) is 0.570. The molecule has 2 unspecified atom stereocenters. The third-order valence-corrected chi connectivity index (χ3v) is 7.77. The Morgan fingerprint density at radius 1 is 1.23 bits per heavy atom. The Morgan fingerprint density at radius 3 is 2.50 bits per heavy atom. The molecule has 0 aromatic carbocycles. The van der Waals surface area contributed by atoms with Crippen molar-refractivity contribution in [3.63, 3.8) is 0 Å². The molecule has 1 aromatic rings. The van der Waals surface area contributed by atoms with E-state index >= 15 is 0 Å². The minimum absolute atomic E-state index is 0.0737. The average Bonchev–Trinajstić information content (AvgIpc) is 2.59. The number of anilines is 1. The van der Waals surface area contributed by atoms with Crippen molar-refractivity contribution < 1.29 is 15.0 Å². The number of rotatable bonds is 6. The number of carbonyl (C=O) groups excluding carboxylic acids is 1. The largest absolute Gasteiger partial charge is 0.390 e. The van der Waals surface area contributed by atoms with Gasteiger partial charge in [0.2, 0.25) is 5.95 Å². The number of aromatic nitrogens is 2. The van der Waals surface area contributed by atoms with Crippen LogP contribution in [0.1, 0.15) is 87.2 Å². The van der Waals surface area contributed by atoms with Gasteiger partial charge in [0, 0.05) is 24.7 Å². The van der Waals surface area contributed by atoms with Gasteiger partial charge in [0.05, 0.1) is 22.5 Å². The molecule has 0 aliphatic heterocycles. The minimum atomic E-state index is -0.862. The van der Waals surface area contributed by atoms with Gasteiger partial charge in [0.1, 0.15) is 0 Å². The van der Waals surface area contributed by atoms with Crippen LogP contribution < -0.4 is 10.6 Å². The Kier molecular flexibility index (Phi) is 4.82. The molecule has 1 heterocycles. The summed E-state index contributed by atoms with van der Waals surface area (Å²) in [7, 11) is 0. The van der Waals surface area contributed by atoms with Crippen LogP contribution in [0.4, 0.5) is 5.95 Å². The molecule has 4 bridgehead atoms. The van der Waals surface area contributed by atoms with E-state index in [9.17, 15) is 15.0 Å². The Balaban J connectivity index is 1.34. The molecule has 6 rings (SSSR count). The van der Waals surface area contributed by atoms with Crippen molar-refractivity contribution in [2.75, 3.05) is 11.9 Å². The van der Waals surface area contributed by atoms with E-state index in [1.807, 2.05) is 0 Å². The first-order chi connectivity index (χ1) is 14.2. The molecule has 1 aromatic heterocycles. The fraction of sp³-hybridized carbons (Fsp3) is 0.783. The molecule has 0 spiro atoms. The van der Waals surface area contributed by atoms with Gasteiger partial charge >= 0.3 is 0 Å². The van der Waals surface area contributed by atoms with Crippen molar-refractivity contribution in [1.29, 1.82) is 0 Å². The molecule has 0 radical (unpaired) electrons. The van der Waals surface area contributed by atoms with Crippen molar-refractivity contribution in [2.45, 2.75) is 88.4 Å². The Hall–Kier alpha value is -1.73. The first-order valence-electron chi connectivity index (χ1n) is 11.6. The van der Waals surface area contributed by atoms with Crippen LogP contribution in [0.25, 0.3) is 0 Å². The Morgan fingerprint density at radius 2 is 1.93 bits per heavy atom. The number of nitrogens with zero attached hydrogens (tertiary/aromatic N) is 2. The molecule has 5 saturated carbocycles. The van der Waals surface area contributed by atoms with E-state index in [2.05, 4.69) is 20.6 Å². The molecular weight excluding hydrogens is 380 g/mol. The van der Waals surface area contributed by atoms with Gasteiger partial charge < -0.3 is 20.8 Å². The van der Waals surface area contributed by atoms with Crippen molar-refractivity contribution in [2.24, 2.45) is 17.8 Å². The summed E-state index contributed by atoms with van der Waals surface area (Å²) in [6, 6.07) is 0.150. The first-order valence-corrected chi connectivity index (χ1v) is 11.6. The lowest BCUT2D eigenvalue weighted by molar-refractivity contribution is -0.136. The van der Waals surface area contributed by atoms with E-state index < -0.39 is 11.2 Å². The number of nitrogens with one attached hydrogen (secondary N) is 2. The maximum Gasteiger partial charge on any atom is 0.254 e. The van der Waals surface area contributed by atoms with Crippen LogP contribution in [0.2, 0.25) is 0 Å². The SMILES string of the molecule is CC(C)(O)CNc1ncc(C(=O)N[C@H]2C3CC4CC2C[C@@](O)(C4)C3)c(C2CCC2)n1. The minimum Gasteiger partial charge on any atom is -0.390 e. The van der Waals surface area contributed by atoms with Crippen LogP contribution in [0.5, 0.6) is 0 Å². The lowest BCUT2D eigenvalue weighted by atomic mass is 9.52.